The van der Waals surface area contributed by atoms with Gasteiger partial charge >= 0.3 is 0 Å². The number of hydrogen-bond acceptors (Lipinski definition) is 1. The van der Waals surface area contributed by atoms with Crippen LogP contribution < -0.4 is 5.73 Å². The highest BCUT2D eigenvalue weighted by molar-refractivity contribution is 4.92. The van der Waals surface area contributed by atoms with Gasteiger partial charge in [0.15, 0.2) is 0 Å². The Morgan fingerprint density at radius 3 is 2.82 bits per heavy atom. The fourth-order valence-electron chi connectivity index (χ4n) is 2.97. The third kappa shape index (κ3) is 1.31. The van der Waals surface area contributed by atoms with Crippen LogP contribution in [0.25, 0.3) is 0 Å². The Hall–Kier alpha value is -0.0400. The summed E-state index contributed by atoms with van der Waals surface area (Å²) < 4.78 is 0. The molecular formula is C10H19N. The van der Waals surface area contributed by atoms with Crippen LogP contribution >= 0.6 is 0 Å². The molecule has 0 aliphatic heterocycles. The van der Waals surface area contributed by atoms with Crippen molar-refractivity contribution in [2.24, 2.45) is 17.1 Å². The highest BCUT2D eigenvalue weighted by atomic mass is 14.7. The fraction of sp³-hybridized carbons (Fsp3) is 1.00. The lowest BCUT2D eigenvalue weighted by Crippen LogP contribution is -2.42. The summed E-state index contributed by atoms with van der Waals surface area (Å²) in [6.45, 7) is 2.45. The summed E-state index contributed by atoms with van der Waals surface area (Å²) in [5, 5.41) is 0. The predicted molar refractivity (Wildman–Crippen MR) is 47.3 cm³/mol. The molecule has 0 aromatic carbocycles. The van der Waals surface area contributed by atoms with Gasteiger partial charge in [0.25, 0.3) is 0 Å². The van der Waals surface area contributed by atoms with E-state index in [1.54, 1.807) is 0 Å². The van der Waals surface area contributed by atoms with Crippen LogP contribution in [-0.4, -0.2) is 6.04 Å². The van der Waals surface area contributed by atoms with Crippen LogP contribution in [0, 0.1) is 11.3 Å². The van der Waals surface area contributed by atoms with Crippen molar-refractivity contribution in [1.29, 1.82) is 0 Å². The molecule has 2 saturated carbocycles. The molecule has 0 heterocycles. The standard InChI is InChI=1S/C10H19N/c1-10-5-2-3-8(7-10)9(11)4-6-10/h8-9H,2-7,11H2,1H3. The molecule has 0 aromatic rings. The molecule has 1 heteroatoms. The van der Waals surface area contributed by atoms with E-state index in [1.165, 1.54) is 38.5 Å². The summed E-state index contributed by atoms with van der Waals surface area (Å²) in [5.41, 5.74) is 6.72. The van der Waals surface area contributed by atoms with Gasteiger partial charge in [-0.05, 0) is 43.4 Å². The SMILES string of the molecule is CC12CCCC(C1)C(N)CC2. The molecule has 2 rings (SSSR count). The van der Waals surface area contributed by atoms with Crippen LogP contribution in [0.3, 0.4) is 0 Å². The van der Waals surface area contributed by atoms with Crippen LogP contribution in [0.1, 0.15) is 45.4 Å². The lowest BCUT2D eigenvalue weighted by Gasteiger charge is -2.45. The van der Waals surface area contributed by atoms with Crippen molar-refractivity contribution in [2.75, 3.05) is 0 Å². The second-order valence-electron chi connectivity index (χ2n) is 4.87. The third-order valence-electron chi connectivity index (χ3n) is 3.80. The number of fused-ring (bicyclic) bond motifs is 2. The minimum absolute atomic E-state index is 0.531. The van der Waals surface area contributed by atoms with Crippen LogP contribution in [0.2, 0.25) is 0 Å². The molecule has 2 fully saturated rings. The number of rotatable bonds is 0. The van der Waals surface area contributed by atoms with E-state index in [2.05, 4.69) is 6.92 Å². The van der Waals surface area contributed by atoms with Crippen LogP contribution in [0.4, 0.5) is 0 Å². The zero-order valence-corrected chi connectivity index (χ0v) is 7.47. The minimum atomic E-state index is 0.531. The van der Waals surface area contributed by atoms with Crippen LogP contribution in [0.15, 0.2) is 0 Å². The van der Waals surface area contributed by atoms with Gasteiger partial charge in [-0.25, -0.2) is 0 Å². The molecule has 0 radical (unpaired) electrons. The molecule has 0 saturated heterocycles. The maximum absolute atomic E-state index is 6.04. The molecule has 2 N–H and O–H groups in total. The molecule has 2 aliphatic rings. The summed E-state index contributed by atoms with van der Waals surface area (Å²) >= 11 is 0. The molecule has 0 amide bonds. The summed E-state index contributed by atoms with van der Waals surface area (Å²) in [7, 11) is 0. The average molecular weight is 153 g/mol. The van der Waals surface area contributed by atoms with Crippen molar-refractivity contribution in [3.05, 3.63) is 0 Å². The van der Waals surface area contributed by atoms with E-state index in [-0.39, 0.29) is 0 Å². The van der Waals surface area contributed by atoms with Gasteiger partial charge in [0.2, 0.25) is 0 Å². The Morgan fingerprint density at radius 2 is 2.09 bits per heavy atom. The van der Waals surface area contributed by atoms with Gasteiger partial charge in [-0.15, -0.1) is 0 Å². The third-order valence-corrected chi connectivity index (χ3v) is 3.80. The fourth-order valence-corrected chi connectivity index (χ4v) is 2.97. The van der Waals surface area contributed by atoms with E-state index in [0.717, 1.165) is 5.92 Å². The molecule has 3 atom stereocenters. The number of hydrogen-bond donors (Lipinski definition) is 1. The normalized spacial score (nSPS) is 50.7. The second kappa shape index (κ2) is 2.48. The van der Waals surface area contributed by atoms with Gasteiger partial charge in [0, 0.05) is 6.04 Å². The molecule has 0 spiro atoms. The Bertz CT molecular complexity index is 155. The van der Waals surface area contributed by atoms with Gasteiger partial charge in [-0.2, -0.15) is 0 Å². The Balaban J connectivity index is 2.09. The van der Waals surface area contributed by atoms with Crippen molar-refractivity contribution in [2.45, 2.75) is 51.5 Å². The van der Waals surface area contributed by atoms with E-state index < -0.39 is 0 Å². The second-order valence-corrected chi connectivity index (χ2v) is 4.87. The van der Waals surface area contributed by atoms with Crippen molar-refractivity contribution < 1.29 is 0 Å². The molecular weight excluding hydrogens is 134 g/mol. The molecule has 3 unspecified atom stereocenters. The lowest BCUT2D eigenvalue weighted by atomic mass is 9.61. The molecule has 64 valence electrons. The first kappa shape index (κ1) is 7.60. The predicted octanol–water partition coefficient (Wildman–Crippen LogP) is 2.30. The maximum Gasteiger partial charge on any atom is 0.00675 e. The van der Waals surface area contributed by atoms with E-state index >= 15 is 0 Å². The Kier molecular flexibility index (Phi) is 1.71. The van der Waals surface area contributed by atoms with E-state index in [9.17, 15) is 0 Å². The average Bonchev–Trinajstić information content (AvgIpc) is 1.99. The van der Waals surface area contributed by atoms with Crippen LogP contribution in [0.5, 0.6) is 0 Å². The summed E-state index contributed by atoms with van der Waals surface area (Å²) in [6.07, 6.45) is 8.35. The van der Waals surface area contributed by atoms with Crippen molar-refractivity contribution in [3.63, 3.8) is 0 Å². The molecule has 11 heavy (non-hydrogen) atoms. The largest absolute Gasteiger partial charge is 0.327 e. The Morgan fingerprint density at radius 1 is 1.27 bits per heavy atom. The van der Waals surface area contributed by atoms with Gasteiger partial charge in [-0.1, -0.05) is 13.3 Å². The summed E-state index contributed by atoms with van der Waals surface area (Å²) in [5.74, 6) is 0.863. The highest BCUT2D eigenvalue weighted by Crippen LogP contribution is 2.47. The first-order valence-corrected chi connectivity index (χ1v) is 4.95. The highest BCUT2D eigenvalue weighted by Gasteiger charge is 2.38. The minimum Gasteiger partial charge on any atom is -0.327 e. The Labute approximate surface area is 69.4 Å². The lowest BCUT2D eigenvalue weighted by molar-refractivity contribution is 0.0796. The molecule has 1 nitrogen and oxygen atoms in total. The quantitative estimate of drug-likeness (QED) is 0.568. The zero-order chi connectivity index (χ0) is 7.90. The number of nitrogens with two attached hydrogens (primary N) is 1. The summed E-state index contributed by atoms with van der Waals surface area (Å²) in [6, 6.07) is 0.531. The van der Waals surface area contributed by atoms with Gasteiger partial charge < -0.3 is 5.73 Å². The topological polar surface area (TPSA) is 26.0 Å². The van der Waals surface area contributed by atoms with E-state index in [4.69, 9.17) is 5.73 Å². The molecule has 0 aromatic heterocycles. The van der Waals surface area contributed by atoms with E-state index in [0.29, 0.717) is 11.5 Å². The van der Waals surface area contributed by atoms with Gasteiger partial charge in [0.1, 0.15) is 0 Å². The first-order valence-electron chi connectivity index (χ1n) is 4.95. The summed E-state index contributed by atoms with van der Waals surface area (Å²) in [4.78, 5) is 0. The maximum atomic E-state index is 6.04. The monoisotopic (exact) mass is 153 g/mol. The van der Waals surface area contributed by atoms with Crippen LogP contribution in [-0.2, 0) is 0 Å². The van der Waals surface area contributed by atoms with Crippen molar-refractivity contribution in [3.8, 4) is 0 Å². The molecule has 2 bridgehead atoms. The van der Waals surface area contributed by atoms with Gasteiger partial charge in [-0.3, -0.25) is 0 Å². The first-order chi connectivity index (χ1) is 5.20. The molecule has 2 aliphatic carbocycles. The smallest absolute Gasteiger partial charge is 0.00675 e. The van der Waals surface area contributed by atoms with Gasteiger partial charge in [0.05, 0.1) is 0 Å². The van der Waals surface area contributed by atoms with Crippen molar-refractivity contribution in [1.82, 2.24) is 0 Å². The van der Waals surface area contributed by atoms with E-state index in [1.807, 2.05) is 0 Å². The zero-order valence-electron chi connectivity index (χ0n) is 7.47. The van der Waals surface area contributed by atoms with Crippen molar-refractivity contribution >= 4 is 0 Å².